The van der Waals surface area contributed by atoms with Crippen LogP contribution in [0.5, 0.6) is 5.75 Å². The highest BCUT2D eigenvalue weighted by Gasteiger charge is 2.10. The number of rotatable bonds is 4. The minimum absolute atomic E-state index is 0.0352. The molecule has 0 saturated heterocycles. The number of nitrogens with zero attached hydrogens (tertiary/aromatic N) is 1. The molecule has 0 bridgehead atoms. The van der Waals surface area contributed by atoms with E-state index < -0.39 is 6.10 Å². The van der Waals surface area contributed by atoms with Gasteiger partial charge in [-0.3, -0.25) is 0 Å². The van der Waals surface area contributed by atoms with Crippen molar-refractivity contribution >= 4 is 17.4 Å². The second-order valence-electron chi connectivity index (χ2n) is 3.39. The first-order chi connectivity index (χ1) is 7.58. The van der Waals surface area contributed by atoms with Crippen LogP contribution < -0.4 is 10.5 Å². The van der Waals surface area contributed by atoms with Crippen LogP contribution >= 0.6 is 11.6 Å². The molecule has 1 aromatic carbocycles. The molecular formula is C11H15ClN2O2. The normalized spacial score (nSPS) is 13.6. The van der Waals surface area contributed by atoms with Crippen LogP contribution in [0.1, 0.15) is 19.4 Å². The maximum Gasteiger partial charge on any atom is 0.180 e. The van der Waals surface area contributed by atoms with E-state index in [2.05, 4.69) is 5.16 Å². The van der Waals surface area contributed by atoms with Crippen molar-refractivity contribution in [2.75, 3.05) is 0 Å². The number of halogens is 1. The number of aryl methyl sites for hydroxylation is 1. The highest BCUT2D eigenvalue weighted by molar-refractivity contribution is 6.31. The van der Waals surface area contributed by atoms with Gasteiger partial charge in [-0.15, -0.1) is 0 Å². The fourth-order valence-electron chi connectivity index (χ4n) is 1.24. The summed E-state index contributed by atoms with van der Waals surface area (Å²) in [5, 5.41) is 12.1. The minimum Gasteiger partial charge on any atom is -0.483 e. The lowest BCUT2D eigenvalue weighted by atomic mass is 10.1. The molecule has 0 aliphatic heterocycles. The Morgan fingerprint density at radius 2 is 2.31 bits per heavy atom. The van der Waals surface area contributed by atoms with E-state index in [9.17, 15) is 0 Å². The van der Waals surface area contributed by atoms with Gasteiger partial charge in [0.1, 0.15) is 5.75 Å². The van der Waals surface area contributed by atoms with Gasteiger partial charge < -0.3 is 15.7 Å². The molecule has 0 aromatic heterocycles. The van der Waals surface area contributed by atoms with Crippen LogP contribution in [0.15, 0.2) is 23.4 Å². The van der Waals surface area contributed by atoms with Crippen molar-refractivity contribution in [1.82, 2.24) is 0 Å². The molecule has 0 spiro atoms. The lowest BCUT2D eigenvalue weighted by Crippen LogP contribution is -2.31. The summed E-state index contributed by atoms with van der Waals surface area (Å²) in [6.07, 6.45) is 0.351. The third-order valence-electron chi connectivity index (χ3n) is 2.24. The van der Waals surface area contributed by atoms with Crippen LogP contribution in [0.4, 0.5) is 0 Å². The van der Waals surface area contributed by atoms with Gasteiger partial charge in [-0.25, -0.2) is 0 Å². The molecule has 0 saturated carbocycles. The third kappa shape index (κ3) is 3.03. The van der Waals surface area contributed by atoms with Crippen molar-refractivity contribution in [2.45, 2.75) is 26.4 Å². The fraction of sp³-hybridized carbons (Fsp3) is 0.364. The molecule has 0 radical (unpaired) electrons. The summed E-state index contributed by atoms with van der Waals surface area (Å²) in [4.78, 5) is 0. The van der Waals surface area contributed by atoms with Gasteiger partial charge in [-0.2, -0.15) is 0 Å². The summed E-state index contributed by atoms with van der Waals surface area (Å²) in [7, 11) is 0. The molecule has 0 heterocycles. The van der Waals surface area contributed by atoms with Gasteiger partial charge in [0.2, 0.25) is 0 Å². The fourth-order valence-corrected chi connectivity index (χ4v) is 1.49. The van der Waals surface area contributed by atoms with E-state index in [1.165, 1.54) is 0 Å². The maximum absolute atomic E-state index is 8.49. The van der Waals surface area contributed by atoms with Crippen molar-refractivity contribution in [1.29, 1.82) is 0 Å². The Morgan fingerprint density at radius 3 is 2.88 bits per heavy atom. The summed E-state index contributed by atoms with van der Waals surface area (Å²) in [6.45, 7) is 3.72. The summed E-state index contributed by atoms with van der Waals surface area (Å²) >= 11 is 5.98. The van der Waals surface area contributed by atoms with Crippen molar-refractivity contribution in [3.63, 3.8) is 0 Å². The van der Waals surface area contributed by atoms with E-state index in [4.69, 9.17) is 27.3 Å². The highest BCUT2D eigenvalue weighted by atomic mass is 35.5. The van der Waals surface area contributed by atoms with Gasteiger partial charge in [0.05, 0.1) is 0 Å². The Labute approximate surface area is 99.7 Å². The molecule has 0 fully saturated rings. The Bertz CT molecular complexity index is 394. The molecule has 0 aliphatic carbocycles. The standard InChI is InChI=1S/C11H15ClN2O2/c1-3-8-6-9(4-5-10(8)12)16-7(2)11(13)14-15/h4-7,15H,3H2,1-2H3,(H2,13,14). The van der Waals surface area contributed by atoms with Crippen LogP contribution in [-0.2, 0) is 6.42 Å². The number of amidine groups is 1. The second kappa shape index (κ2) is 5.61. The molecule has 3 N–H and O–H groups in total. The second-order valence-corrected chi connectivity index (χ2v) is 3.80. The molecule has 4 nitrogen and oxygen atoms in total. The smallest absolute Gasteiger partial charge is 0.180 e. The zero-order valence-electron chi connectivity index (χ0n) is 9.27. The SMILES string of the molecule is CCc1cc(OC(C)C(N)=NO)ccc1Cl. The number of ether oxygens (including phenoxy) is 1. The van der Waals surface area contributed by atoms with Crippen molar-refractivity contribution in [3.8, 4) is 5.75 Å². The van der Waals surface area contributed by atoms with Crippen molar-refractivity contribution < 1.29 is 9.94 Å². The number of benzene rings is 1. The summed E-state index contributed by atoms with van der Waals surface area (Å²) in [5.41, 5.74) is 6.42. The van der Waals surface area contributed by atoms with Crippen LogP contribution in [0, 0.1) is 0 Å². The van der Waals surface area contributed by atoms with E-state index in [1.807, 2.05) is 13.0 Å². The maximum atomic E-state index is 8.49. The van der Waals surface area contributed by atoms with Crippen LogP contribution in [0.25, 0.3) is 0 Å². The lowest BCUT2D eigenvalue weighted by molar-refractivity contribution is 0.265. The predicted molar refractivity (Wildman–Crippen MR) is 64.3 cm³/mol. The van der Waals surface area contributed by atoms with Gasteiger partial charge in [-0.1, -0.05) is 23.7 Å². The largest absolute Gasteiger partial charge is 0.483 e. The molecule has 0 amide bonds. The summed E-state index contributed by atoms with van der Waals surface area (Å²) in [5.74, 6) is 0.688. The van der Waals surface area contributed by atoms with Crippen molar-refractivity contribution in [2.24, 2.45) is 10.9 Å². The Balaban J connectivity index is 2.82. The predicted octanol–water partition coefficient (Wildman–Crippen LogP) is 2.42. The number of hydrogen-bond donors (Lipinski definition) is 2. The first-order valence-corrected chi connectivity index (χ1v) is 5.38. The molecule has 16 heavy (non-hydrogen) atoms. The lowest BCUT2D eigenvalue weighted by Gasteiger charge is -2.14. The zero-order chi connectivity index (χ0) is 12.1. The van der Waals surface area contributed by atoms with Gasteiger partial charge in [0, 0.05) is 5.02 Å². The molecule has 1 aromatic rings. The molecular weight excluding hydrogens is 228 g/mol. The molecule has 1 rings (SSSR count). The van der Waals surface area contributed by atoms with E-state index in [1.54, 1.807) is 19.1 Å². The van der Waals surface area contributed by atoms with Crippen molar-refractivity contribution in [3.05, 3.63) is 28.8 Å². The first kappa shape index (κ1) is 12.6. The van der Waals surface area contributed by atoms with Gasteiger partial charge in [0.15, 0.2) is 11.9 Å². The zero-order valence-corrected chi connectivity index (χ0v) is 10.0. The number of hydrogen-bond acceptors (Lipinski definition) is 3. The average molecular weight is 243 g/mol. The Morgan fingerprint density at radius 1 is 1.62 bits per heavy atom. The first-order valence-electron chi connectivity index (χ1n) is 5.01. The number of nitrogens with two attached hydrogens (primary N) is 1. The Hall–Kier alpha value is -1.42. The highest BCUT2D eigenvalue weighted by Crippen LogP contribution is 2.23. The van der Waals surface area contributed by atoms with E-state index in [0.29, 0.717) is 10.8 Å². The minimum atomic E-state index is -0.476. The molecule has 88 valence electrons. The Kier molecular flexibility index (Phi) is 4.43. The van der Waals surface area contributed by atoms with Gasteiger partial charge >= 0.3 is 0 Å². The molecule has 0 aliphatic rings. The average Bonchev–Trinajstić information content (AvgIpc) is 2.30. The molecule has 1 atom stereocenters. The summed E-state index contributed by atoms with van der Waals surface area (Å²) < 4.78 is 5.49. The topological polar surface area (TPSA) is 67.8 Å². The number of oxime groups is 1. The van der Waals surface area contributed by atoms with E-state index in [0.717, 1.165) is 12.0 Å². The van der Waals surface area contributed by atoms with Gasteiger partial charge in [-0.05, 0) is 37.1 Å². The van der Waals surface area contributed by atoms with Crippen LogP contribution in [0.2, 0.25) is 5.02 Å². The molecule has 5 heteroatoms. The quantitative estimate of drug-likeness (QED) is 0.369. The summed E-state index contributed by atoms with van der Waals surface area (Å²) in [6, 6.07) is 5.38. The van der Waals surface area contributed by atoms with Crippen LogP contribution in [-0.4, -0.2) is 17.1 Å². The molecule has 1 unspecified atom stereocenters. The third-order valence-corrected chi connectivity index (χ3v) is 2.61. The van der Waals surface area contributed by atoms with Gasteiger partial charge in [0.25, 0.3) is 0 Å². The monoisotopic (exact) mass is 242 g/mol. The van der Waals surface area contributed by atoms with E-state index in [-0.39, 0.29) is 5.84 Å². The van der Waals surface area contributed by atoms with Crippen LogP contribution in [0.3, 0.4) is 0 Å². The van der Waals surface area contributed by atoms with E-state index >= 15 is 0 Å².